The van der Waals surface area contributed by atoms with E-state index in [-0.39, 0.29) is 11.3 Å². The average molecular weight is 177 g/mol. The van der Waals surface area contributed by atoms with Crippen LogP contribution in [0.15, 0.2) is 12.1 Å². The van der Waals surface area contributed by atoms with Crippen LogP contribution in [0, 0.1) is 0 Å². The van der Waals surface area contributed by atoms with Crippen LogP contribution < -0.4 is 0 Å². The van der Waals surface area contributed by atoms with Gasteiger partial charge in [0.1, 0.15) is 0 Å². The van der Waals surface area contributed by atoms with Crippen molar-refractivity contribution >= 4 is 0 Å². The summed E-state index contributed by atoms with van der Waals surface area (Å²) in [5.74, 6) is 0.149. The first kappa shape index (κ1) is 8.54. The molecule has 1 N–H and O–H groups in total. The molecule has 2 heteroatoms. The fraction of sp³-hybridized carbons (Fsp3) is 0.545. The van der Waals surface area contributed by atoms with Gasteiger partial charge in [0.05, 0.1) is 0 Å². The summed E-state index contributed by atoms with van der Waals surface area (Å²) in [7, 11) is 0. The Morgan fingerprint density at radius 3 is 2.92 bits per heavy atom. The van der Waals surface area contributed by atoms with Crippen molar-refractivity contribution in [2.45, 2.75) is 38.5 Å². The molecule has 1 heterocycles. The zero-order valence-corrected chi connectivity index (χ0v) is 8.17. The molecule has 2 nitrogen and oxygen atoms in total. The smallest absolute Gasteiger partial charge is 0.210 e. The van der Waals surface area contributed by atoms with Crippen LogP contribution in [0.1, 0.15) is 37.9 Å². The standard InChI is InChI=1S/C11H15NO/c1-11(2)7-3-4-9-8(11)5-6-10(13)12-9/h5-6H,3-4,7H2,1-2H3,(H,12,13). The molecule has 0 amide bonds. The lowest BCUT2D eigenvalue weighted by Gasteiger charge is -2.31. The first-order valence-electron chi connectivity index (χ1n) is 4.79. The first-order chi connectivity index (χ1) is 6.09. The molecule has 13 heavy (non-hydrogen) atoms. The van der Waals surface area contributed by atoms with Gasteiger partial charge in [0.2, 0.25) is 5.88 Å². The molecule has 0 unspecified atom stereocenters. The van der Waals surface area contributed by atoms with Gasteiger partial charge < -0.3 is 5.11 Å². The van der Waals surface area contributed by atoms with Crippen LogP contribution in [0.2, 0.25) is 0 Å². The maximum atomic E-state index is 9.25. The van der Waals surface area contributed by atoms with Gasteiger partial charge in [-0.1, -0.05) is 19.9 Å². The molecular formula is C11H15NO. The van der Waals surface area contributed by atoms with Gasteiger partial charge in [-0.15, -0.1) is 0 Å². The van der Waals surface area contributed by atoms with Crippen molar-refractivity contribution in [3.05, 3.63) is 23.4 Å². The van der Waals surface area contributed by atoms with Gasteiger partial charge in [-0.3, -0.25) is 0 Å². The lowest BCUT2D eigenvalue weighted by Crippen LogP contribution is -2.24. The predicted octanol–water partition coefficient (Wildman–Crippen LogP) is 2.40. The Bertz CT molecular complexity index is 331. The van der Waals surface area contributed by atoms with Crippen LogP contribution in [-0.4, -0.2) is 10.1 Å². The number of hydrogen-bond donors (Lipinski definition) is 1. The highest BCUT2D eigenvalue weighted by Crippen LogP contribution is 2.36. The minimum Gasteiger partial charge on any atom is -0.493 e. The van der Waals surface area contributed by atoms with Crippen molar-refractivity contribution in [2.75, 3.05) is 0 Å². The number of nitrogens with zero attached hydrogens (tertiary/aromatic N) is 1. The highest BCUT2D eigenvalue weighted by atomic mass is 16.3. The van der Waals surface area contributed by atoms with Crippen molar-refractivity contribution in [2.24, 2.45) is 0 Å². The fourth-order valence-corrected chi connectivity index (χ4v) is 2.13. The fourth-order valence-electron chi connectivity index (χ4n) is 2.13. The molecule has 2 rings (SSSR count). The Labute approximate surface area is 78.6 Å². The Balaban J connectivity index is 2.53. The van der Waals surface area contributed by atoms with Crippen LogP contribution in [-0.2, 0) is 11.8 Å². The largest absolute Gasteiger partial charge is 0.493 e. The van der Waals surface area contributed by atoms with Crippen molar-refractivity contribution in [3.8, 4) is 5.88 Å². The summed E-state index contributed by atoms with van der Waals surface area (Å²) in [4.78, 5) is 4.16. The summed E-state index contributed by atoms with van der Waals surface area (Å²) in [6.07, 6.45) is 3.40. The quantitative estimate of drug-likeness (QED) is 0.660. The Morgan fingerprint density at radius 2 is 2.15 bits per heavy atom. The minimum atomic E-state index is 0.149. The third-order valence-corrected chi connectivity index (χ3v) is 2.90. The van der Waals surface area contributed by atoms with E-state index in [4.69, 9.17) is 0 Å². The van der Waals surface area contributed by atoms with Crippen LogP contribution in [0.3, 0.4) is 0 Å². The topological polar surface area (TPSA) is 33.1 Å². The lowest BCUT2D eigenvalue weighted by atomic mass is 9.75. The van der Waals surface area contributed by atoms with Crippen LogP contribution in [0.25, 0.3) is 0 Å². The van der Waals surface area contributed by atoms with Crippen molar-refractivity contribution < 1.29 is 5.11 Å². The van der Waals surface area contributed by atoms with Gasteiger partial charge in [0, 0.05) is 11.8 Å². The summed E-state index contributed by atoms with van der Waals surface area (Å²) in [6, 6.07) is 3.70. The Kier molecular flexibility index (Phi) is 1.79. The number of aromatic nitrogens is 1. The molecule has 0 saturated heterocycles. The van der Waals surface area contributed by atoms with E-state index in [1.807, 2.05) is 6.07 Å². The van der Waals surface area contributed by atoms with E-state index in [0.717, 1.165) is 12.1 Å². The van der Waals surface area contributed by atoms with Gasteiger partial charge in [-0.2, -0.15) is 0 Å². The van der Waals surface area contributed by atoms with E-state index in [2.05, 4.69) is 18.8 Å². The number of fused-ring (bicyclic) bond motifs is 1. The number of aryl methyl sites for hydroxylation is 1. The van der Waals surface area contributed by atoms with Crippen molar-refractivity contribution in [1.29, 1.82) is 0 Å². The summed E-state index contributed by atoms with van der Waals surface area (Å²) in [5.41, 5.74) is 2.61. The molecule has 0 spiro atoms. The molecule has 1 aromatic heterocycles. The molecular weight excluding hydrogens is 162 g/mol. The van der Waals surface area contributed by atoms with E-state index in [1.54, 1.807) is 6.07 Å². The van der Waals surface area contributed by atoms with Crippen LogP contribution in [0.4, 0.5) is 0 Å². The van der Waals surface area contributed by atoms with Crippen molar-refractivity contribution in [1.82, 2.24) is 4.98 Å². The van der Waals surface area contributed by atoms with E-state index in [1.165, 1.54) is 18.4 Å². The third kappa shape index (κ3) is 1.41. The minimum absolute atomic E-state index is 0.149. The predicted molar refractivity (Wildman–Crippen MR) is 51.9 cm³/mol. The number of rotatable bonds is 0. The molecule has 0 atom stereocenters. The molecule has 0 radical (unpaired) electrons. The maximum absolute atomic E-state index is 9.25. The van der Waals surface area contributed by atoms with E-state index in [9.17, 15) is 5.11 Å². The molecule has 1 aliphatic rings. The van der Waals surface area contributed by atoms with E-state index < -0.39 is 0 Å². The summed E-state index contributed by atoms with van der Waals surface area (Å²) >= 11 is 0. The maximum Gasteiger partial charge on any atom is 0.210 e. The summed E-state index contributed by atoms with van der Waals surface area (Å²) in [6.45, 7) is 4.48. The second-order valence-electron chi connectivity index (χ2n) is 4.40. The second-order valence-corrected chi connectivity index (χ2v) is 4.40. The SMILES string of the molecule is CC1(C)CCCc2nc(O)ccc21. The lowest BCUT2D eigenvalue weighted by molar-refractivity contribution is 0.411. The molecule has 1 aromatic rings. The van der Waals surface area contributed by atoms with Crippen LogP contribution in [0.5, 0.6) is 5.88 Å². The molecule has 0 fully saturated rings. The molecule has 1 aliphatic carbocycles. The summed E-state index contributed by atoms with van der Waals surface area (Å²) in [5, 5.41) is 9.25. The van der Waals surface area contributed by atoms with E-state index >= 15 is 0 Å². The van der Waals surface area contributed by atoms with E-state index in [0.29, 0.717) is 0 Å². The van der Waals surface area contributed by atoms with Gasteiger partial charge in [0.15, 0.2) is 0 Å². The third-order valence-electron chi connectivity index (χ3n) is 2.90. The summed E-state index contributed by atoms with van der Waals surface area (Å²) < 4.78 is 0. The van der Waals surface area contributed by atoms with Gasteiger partial charge >= 0.3 is 0 Å². The highest BCUT2D eigenvalue weighted by Gasteiger charge is 2.27. The first-order valence-corrected chi connectivity index (χ1v) is 4.79. The molecule has 0 saturated carbocycles. The second kappa shape index (κ2) is 2.72. The number of hydrogen-bond acceptors (Lipinski definition) is 2. The van der Waals surface area contributed by atoms with Crippen molar-refractivity contribution in [3.63, 3.8) is 0 Å². The molecule has 0 aliphatic heterocycles. The van der Waals surface area contributed by atoms with Gasteiger partial charge in [0.25, 0.3) is 0 Å². The molecule has 0 aromatic carbocycles. The number of aromatic hydroxyl groups is 1. The Morgan fingerprint density at radius 1 is 1.38 bits per heavy atom. The normalized spacial score (nSPS) is 19.5. The molecule has 70 valence electrons. The van der Waals surface area contributed by atoms with Gasteiger partial charge in [-0.05, 0) is 30.2 Å². The highest BCUT2D eigenvalue weighted by molar-refractivity contribution is 5.33. The number of pyridine rings is 1. The zero-order chi connectivity index (χ0) is 9.47. The molecule has 0 bridgehead atoms. The van der Waals surface area contributed by atoms with Gasteiger partial charge in [-0.25, -0.2) is 4.98 Å². The zero-order valence-electron chi connectivity index (χ0n) is 8.17. The monoisotopic (exact) mass is 177 g/mol. The Hall–Kier alpha value is -1.05. The van der Waals surface area contributed by atoms with Crippen LogP contribution >= 0.6 is 0 Å². The average Bonchev–Trinajstić information content (AvgIpc) is 2.02.